The Morgan fingerprint density at radius 3 is 2.68 bits per heavy atom. The molecular weight excluding hydrogens is 278 g/mol. The van der Waals surface area contributed by atoms with Gasteiger partial charge in [-0.05, 0) is 23.8 Å². The molecule has 2 rings (SSSR count). The average molecular weight is 291 g/mol. The molecule has 19 heavy (non-hydrogen) atoms. The molecule has 0 spiro atoms. The molecule has 4 nitrogen and oxygen atoms in total. The van der Waals surface area contributed by atoms with Crippen LogP contribution < -0.4 is 10.5 Å². The minimum absolute atomic E-state index is 0.406. The number of nitrogens with zero attached hydrogens (tertiary/aromatic N) is 2. The van der Waals surface area contributed by atoms with Gasteiger partial charge in [0.15, 0.2) is 5.82 Å². The Kier molecular flexibility index (Phi) is 4.70. The van der Waals surface area contributed by atoms with E-state index in [1.54, 1.807) is 25.1 Å². The lowest BCUT2D eigenvalue weighted by Gasteiger charge is -2.05. The third kappa shape index (κ3) is 3.65. The average Bonchev–Trinajstić information content (AvgIpc) is 2.46. The second-order valence-electron chi connectivity index (χ2n) is 3.81. The maximum absolute atomic E-state index is 5.79. The van der Waals surface area contributed by atoms with Crippen LogP contribution in [-0.4, -0.2) is 12.1 Å². The van der Waals surface area contributed by atoms with Crippen LogP contribution in [-0.2, 0) is 18.2 Å². The molecular formula is C13H13N3OS2. The van der Waals surface area contributed by atoms with E-state index in [4.69, 9.17) is 10.5 Å². The molecule has 0 amide bonds. The van der Waals surface area contributed by atoms with Crippen LogP contribution in [0.2, 0.25) is 0 Å². The van der Waals surface area contributed by atoms with Crippen molar-refractivity contribution in [3.8, 4) is 5.75 Å². The van der Waals surface area contributed by atoms with E-state index in [-0.39, 0.29) is 0 Å². The lowest BCUT2D eigenvalue weighted by Crippen LogP contribution is -1.89. The summed E-state index contributed by atoms with van der Waals surface area (Å²) in [5.74, 6) is 2.11. The zero-order chi connectivity index (χ0) is 13.7. The van der Waals surface area contributed by atoms with Gasteiger partial charge in [0.05, 0.1) is 12.8 Å². The quantitative estimate of drug-likeness (QED) is 0.856. The number of hydrogen-bond donors (Lipinski definition) is 1. The molecule has 6 heteroatoms. The van der Waals surface area contributed by atoms with Crippen molar-refractivity contribution in [3.63, 3.8) is 0 Å². The van der Waals surface area contributed by atoms with Crippen molar-refractivity contribution in [2.75, 3.05) is 12.8 Å². The largest absolute Gasteiger partial charge is 0.497 e. The van der Waals surface area contributed by atoms with E-state index >= 15 is 0 Å². The van der Waals surface area contributed by atoms with Crippen molar-refractivity contribution >= 4 is 35.7 Å². The highest BCUT2D eigenvalue weighted by atomic mass is 32.2. The van der Waals surface area contributed by atoms with Gasteiger partial charge in [0, 0.05) is 29.3 Å². The van der Waals surface area contributed by atoms with Crippen molar-refractivity contribution in [1.29, 1.82) is 0 Å². The van der Waals surface area contributed by atoms with Crippen LogP contribution in [0, 0.1) is 0 Å². The Morgan fingerprint density at radius 1 is 1.37 bits per heavy atom. The van der Waals surface area contributed by atoms with Crippen LogP contribution in [0.4, 0.5) is 11.5 Å². The summed E-state index contributed by atoms with van der Waals surface area (Å²) in [4.78, 5) is 5.10. The Hall–Kier alpha value is -1.66. The minimum Gasteiger partial charge on any atom is -0.497 e. The predicted octanol–water partition coefficient (Wildman–Crippen LogP) is 3.33. The zero-order valence-electron chi connectivity index (χ0n) is 10.4. The van der Waals surface area contributed by atoms with Crippen LogP contribution >= 0.6 is 11.8 Å². The second kappa shape index (κ2) is 6.49. The summed E-state index contributed by atoms with van der Waals surface area (Å²) in [5.41, 5.74) is 7.50. The monoisotopic (exact) mass is 291 g/mol. The highest BCUT2D eigenvalue weighted by Crippen LogP contribution is 2.28. The number of hydrogen-bond acceptors (Lipinski definition) is 6. The molecule has 0 saturated carbocycles. The van der Waals surface area contributed by atoms with E-state index in [0.717, 1.165) is 16.4 Å². The fourth-order valence-corrected chi connectivity index (χ4v) is 2.51. The number of aromatic nitrogens is 1. The molecule has 1 aromatic heterocycles. The van der Waals surface area contributed by atoms with Gasteiger partial charge >= 0.3 is 0 Å². The molecule has 2 N–H and O–H groups in total. The summed E-state index contributed by atoms with van der Waals surface area (Å²) in [6.07, 6.45) is 1.73. The summed E-state index contributed by atoms with van der Waals surface area (Å²) in [6.45, 7) is 0. The van der Waals surface area contributed by atoms with Gasteiger partial charge in [0.2, 0.25) is 0 Å². The predicted molar refractivity (Wildman–Crippen MR) is 80.7 cm³/mol. The Balaban J connectivity index is 2.01. The summed E-state index contributed by atoms with van der Waals surface area (Å²) in [5, 5.41) is 0. The van der Waals surface area contributed by atoms with E-state index in [1.807, 2.05) is 30.3 Å². The summed E-state index contributed by atoms with van der Waals surface area (Å²) < 4.78 is 8.69. The Labute approximate surface area is 121 Å². The van der Waals surface area contributed by atoms with Gasteiger partial charge in [0.1, 0.15) is 5.75 Å². The van der Waals surface area contributed by atoms with Gasteiger partial charge in [-0.1, -0.05) is 12.1 Å². The summed E-state index contributed by atoms with van der Waals surface area (Å²) >= 11 is 6.24. The number of pyridine rings is 1. The molecule has 0 bridgehead atoms. The van der Waals surface area contributed by atoms with E-state index in [2.05, 4.69) is 21.8 Å². The second-order valence-corrected chi connectivity index (χ2v) is 5.04. The molecule has 0 aliphatic heterocycles. The number of thioether (sulfide) groups is 1. The maximum Gasteiger partial charge on any atom is 0.188 e. The molecule has 0 unspecified atom stereocenters. The number of anilines is 1. The van der Waals surface area contributed by atoms with Gasteiger partial charge in [-0.3, -0.25) is 0 Å². The van der Waals surface area contributed by atoms with Gasteiger partial charge in [-0.15, -0.1) is 11.8 Å². The van der Waals surface area contributed by atoms with Gasteiger partial charge in [-0.25, -0.2) is 4.98 Å². The van der Waals surface area contributed by atoms with Gasteiger partial charge in [0.25, 0.3) is 0 Å². The van der Waals surface area contributed by atoms with Crippen molar-refractivity contribution in [1.82, 2.24) is 4.98 Å². The van der Waals surface area contributed by atoms with Crippen LogP contribution in [0.1, 0.15) is 5.56 Å². The van der Waals surface area contributed by atoms with Crippen molar-refractivity contribution < 1.29 is 4.74 Å². The van der Waals surface area contributed by atoms with E-state index in [0.29, 0.717) is 11.5 Å². The first-order valence-corrected chi connectivity index (χ1v) is 6.92. The van der Waals surface area contributed by atoms with E-state index in [9.17, 15) is 0 Å². The number of methoxy groups -OCH3 is 1. The molecule has 0 radical (unpaired) electrons. The SMILES string of the molecule is COc1ccc(CSc2cnc(N=S)c(N)c2)cc1. The number of benzene rings is 1. The minimum atomic E-state index is 0.406. The van der Waals surface area contributed by atoms with Gasteiger partial charge < -0.3 is 10.5 Å². The van der Waals surface area contributed by atoms with Crippen molar-refractivity contribution in [2.24, 2.45) is 4.36 Å². The summed E-state index contributed by atoms with van der Waals surface area (Å²) in [7, 11) is 1.66. The lowest BCUT2D eigenvalue weighted by atomic mass is 10.2. The van der Waals surface area contributed by atoms with Crippen LogP contribution in [0.5, 0.6) is 5.75 Å². The first-order valence-electron chi connectivity index (χ1n) is 5.57. The molecule has 1 heterocycles. The maximum atomic E-state index is 5.79. The standard InChI is InChI=1S/C13H13N3OS2/c1-17-10-4-2-9(3-5-10)8-19-11-6-12(14)13(16-18)15-7-11/h2-7H,8,14H2,1H3. The first-order chi connectivity index (χ1) is 9.22. The van der Waals surface area contributed by atoms with E-state index < -0.39 is 0 Å². The first kappa shape index (κ1) is 13.8. The topological polar surface area (TPSA) is 60.5 Å². The zero-order valence-corrected chi connectivity index (χ0v) is 12.0. The van der Waals surface area contributed by atoms with Crippen molar-refractivity contribution in [3.05, 3.63) is 42.1 Å². The van der Waals surface area contributed by atoms with Crippen LogP contribution in [0.3, 0.4) is 0 Å². The van der Waals surface area contributed by atoms with Crippen molar-refractivity contribution in [2.45, 2.75) is 10.6 Å². The van der Waals surface area contributed by atoms with Crippen LogP contribution in [0.15, 0.2) is 45.8 Å². The fraction of sp³-hybridized carbons (Fsp3) is 0.154. The molecule has 0 aliphatic carbocycles. The third-order valence-electron chi connectivity index (χ3n) is 2.52. The number of nitrogens with two attached hydrogens (primary N) is 1. The molecule has 0 aliphatic rings. The van der Waals surface area contributed by atoms with Crippen LogP contribution in [0.25, 0.3) is 0 Å². The number of rotatable bonds is 5. The molecule has 0 saturated heterocycles. The molecule has 98 valence electrons. The Bertz CT molecular complexity index is 573. The highest BCUT2D eigenvalue weighted by molar-refractivity contribution is 7.98. The third-order valence-corrected chi connectivity index (χ3v) is 3.73. The Morgan fingerprint density at radius 2 is 2.11 bits per heavy atom. The molecule has 2 aromatic rings. The normalized spacial score (nSPS) is 10.2. The fourth-order valence-electron chi connectivity index (χ4n) is 1.50. The molecule has 0 fully saturated rings. The molecule has 1 aromatic carbocycles. The lowest BCUT2D eigenvalue weighted by molar-refractivity contribution is 0.414. The summed E-state index contributed by atoms with van der Waals surface area (Å²) in [6, 6.07) is 9.81. The highest BCUT2D eigenvalue weighted by Gasteiger charge is 2.02. The number of ether oxygens (including phenoxy) is 1. The van der Waals surface area contributed by atoms with E-state index in [1.165, 1.54) is 5.56 Å². The van der Waals surface area contributed by atoms with Gasteiger partial charge in [-0.2, -0.15) is 4.36 Å². The molecule has 0 atom stereocenters. The number of nitrogen functional groups attached to an aromatic ring is 1. The smallest absolute Gasteiger partial charge is 0.188 e.